The van der Waals surface area contributed by atoms with Gasteiger partial charge in [-0.25, -0.2) is 0 Å². The van der Waals surface area contributed by atoms with Crippen molar-refractivity contribution in [2.75, 3.05) is 15.5 Å². The first-order chi connectivity index (χ1) is 30.1. The summed E-state index contributed by atoms with van der Waals surface area (Å²) in [5.74, 6) is 0. The summed E-state index contributed by atoms with van der Waals surface area (Å²) in [6.07, 6.45) is 8.33. The smallest absolute Gasteiger partial charge is 0.0539 e. The third-order valence-electron chi connectivity index (χ3n) is 11.3. The maximum atomic E-state index is 4.45. The molecule has 0 aliphatic carbocycles. The van der Waals surface area contributed by atoms with Crippen molar-refractivity contribution in [2.24, 2.45) is 0 Å². The molecule has 0 radical (unpaired) electrons. The molecule has 0 bridgehead atoms. The third kappa shape index (κ3) is 7.89. The number of hydrogen-bond acceptors (Lipinski definition) is 3. The van der Waals surface area contributed by atoms with Crippen molar-refractivity contribution >= 4 is 50.5 Å². The molecule has 2 N–H and O–H groups in total. The summed E-state index contributed by atoms with van der Waals surface area (Å²) in [4.78, 5) is 2.25. The number of allylic oxidation sites excluding steroid dienone is 4. The van der Waals surface area contributed by atoms with Crippen molar-refractivity contribution in [3.05, 3.63) is 249 Å². The molecule has 0 atom stereocenters. The Kier molecular flexibility index (Phi) is 10.1. The van der Waals surface area contributed by atoms with Crippen molar-refractivity contribution in [2.45, 2.75) is 0 Å². The molecule has 0 spiro atoms. The van der Waals surface area contributed by atoms with Crippen LogP contribution in [0.25, 0.3) is 60.9 Å². The van der Waals surface area contributed by atoms with Crippen LogP contribution in [0.2, 0.25) is 0 Å². The highest BCUT2D eigenvalue weighted by Crippen LogP contribution is 2.42. The molecule has 61 heavy (non-hydrogen) atoms. The second-order valence-corrected chi connectivity index (χ2v) is 15.3. The number of anilines is 6. The topological polar surface area (TPSA) is 27.3 Å². The predicted molar refractivity (Wildman–Crippen MR) is 261 cm³/mol. The van der Waals surface area contributed by atoms with Gasteiger partial charge >= 0.3 is 0 Å². The molecule has 1 aliphatic heterocycles. The monoisotopic (exact) mass is 781 g/mol. The zero-order chi connectivity index (χ0) is 41.0. The Morgan fingerprint density at radius 1 is 0.361 bits per heavy atom. The van der Waals surface area contributed by atoms with Crippen LogP contribution in [0.4, 0.5) is 34.1 Å². The molecule has 9 aromatic rings. The molecule has 0 aromatic heterocycles. The first-order valence-corrected chi connectivity index (χ1v) is 20.7. The van der Waals surface area contributed by atoms with Crippen molar-refractivity contribution in [1.82, 2.24) is 0 Å². The Bertz CT molecular complexity index is 3090. The summed E-state index contributed by atoms with van der Waals surface area (Å²) in [5, 5.41) is 9.93. The van der Waals surface area contributed by atoms with E-state index in [1.807, 2.05) is 6.07 Å². The van der Waals surface area contributed by atoms with Crippen LogP contribution in [0.15, 0.2) is 243 Å². The number of para-hydroxylation sites is 2. The van der Waals surface area contributed by atoms with E-state index in [0.29, 0.717) is 0 Å². The van der Waals surface area contributed by atoms with Crippen LogP contribution in [-0.2, 0) is 0 Å². The lowest BCUT2D eigenvalue weighted by atomic mass is 9.92. The predicted octanol–water partition coefficient (Wildman–Crippen LogP) is 16.2. The third-order valence-corrected chi connectivity index (χ3v) is 11.3. The van der Waals surface area contributed by atoms with Crippen LogP contribution in [-0.4, -0.2) is 0 Å². The van der Waals surface area contributed by atoms with Crippen molar-refractivity contribution in [3.63, 3.8) is 0 Å². The van der Waals surface area contributed by atoms with Crippen LogP contribution < -0.4 is 15.5 Å². The summed E-state index contributed by atoms with van der Waals surface area (Å²) >= 11 is 0. The zero-order valence-corrected chi connectivity index (χ0v) is 33.7. The molecule has 0 fully saturated rings. The number of nitrogens with zero attached hydrogens (tertiary/aromatic N) is 1. The quantitative estimate of drug-likeness (QED) is 0.153. The second kappa shape index (κ2) is 16.6. The highest BCUT2D eigenvalue weighted by atomic mass is 15.1. The van der Waals surface area contributed by atoms with E-state index in [4.69, 9.17) is 0 Å². The van der Waals surface area contributed by atoms with Gasteiger partial charge in [-0.2, -0.15) is 0 Å². The second-order valence-electron chi connectivity index (χ2n) is 15.3. The van der Waals surface area contributed by atoms with E-state index in [2.05, 4.69) is 253 Å². The molecular weight excluding hydrogens is 739 g/mol. The highest BCUT2D eigenvalue weighted by Gasteiger charge is 2.18. The van der Waals surface area contributed by atoms with E-state index >= 15 is 0 Å². The van der Waals surface area contributed by atoms with Crippen molar-refractivity contribution < 1.29 is 0 Å². The van der Waals surface area contributed by atoms with Gasteiger partial charge in [-0.3, -0.25) is 0 Å². The molecule has 9 aromatic carbocycles. The Hall–Kier alpha value is -8.14. The van der Waals surface area contributed by atoms with Gasteiger partial charge in [0.05, 0.1) is 5.69 Å². The Morgan fingerprint density at radius 3 is 1.82 bits per heavy atom. The van der Waals surface area contributed by atoms with Gasteiger partial charge in [-0.15, -0.1) is 0 Å². The molecule has 10 rings (SSSR count). The van der Waals surface area contributed by atoms with Gasteiger partial charge < -0.3 is 15.5 Å². The molecule has 3 nitrogen and oxygen atoms in total. The molecule has 1 aliphatic rings. The lowest BCUT2D eigenvalue weighted by molar-refractivity contribution is 1.27. The summed E-state index contributed by atoms with van der Waals surface area (Å²) in [6, 6.07) is 75.6. The number of fused-ring (bicyclic) bond motifs is 2. The van der Waals surface area contributed by atoms with Gasteiger partial charge in [-0.05, 0) is 123 Å². The highest BCUT2D eigenvalue weighted by molar-refractivity contribution is 5.94. The van der Waals surface area contributed by atoms with Crippen molar-refractivity contribution in [1.29, 1.82) is 0 Å². The van der Waals surface area contributed by atoms with E-state index in [0.717, 1.165) is 78.6 Å². The molecule has 0 saturated heterocycles. The minimum absolute atomic E-state index is 0.964. The Balaban J connectivity index is 1.04. The average Bonchev–Trinajstić information content (AvgIpc) is 3.32. The molecule has 0 saturated carbocycles. The van der Waals surface area contributed by atoms with Gasteiger partial charge in [0.25, 0.3) is 0 Å². The SMILES string of the molecule is C=C1/C=C\C=C/N(c2ccccc2)c2cc(-c3cc(-c4cccc(-c5ccccc5Nc5ccc(-c6ccccc6)cc5)c4)ccc3Nc3ccc4ccccc4c3)ccc21. The average molecular weight is 782 g/mol. The minimum atomic E-state index is 0.964. The van der Waals surface area contributed by atoms with E-state index < -0.39 is 0 Å². The normalized spacial score (nSPS) is 13.2. The molecule has 0 amide bonds. The van der Waals surface area contributed by atoms with E-state index in [1.165, 1.54) is 21.9 Å². The summed E-state index contributed by atoms with van der Waals surface area (Å²) in [7, 11) is 0. The first-order valence-electron chi connectivity index (χ1n) is 20.7. The van der Waals surface area contributed by atoms with Crippen LogP contribution in [0, 0.1) is 0 Å². The molecule has 290 valence electrons. The minimum Gasteiger partial charge on any atom is -0.355 e. The largest absolute Gasteiger partial charge is 0.355 e. The van der Waals surface area contributed by atoms with Crippen LogP contribution >= 0.6 is 0 Å². The Labute approximate surface area is 357 Å². The van der Waals surface area contributed by atoms with E-state index in [1.54, 1.807) is 0 Å². The summed E-state index contributed by atoms with van der Waals surface area (Å²) in [6.45, 7) is 4.45. The summed E-state index contributed by atoms with van der Waals surface area (Å²) in [5.41, 5.74) is 17.5. The lowest BCUT2D eigenvalue weighted by Crippen LogP contribution is -2.11. The maximum absolute atomic E-state index is 4.45. The lowest BCUT2D eigenvalue weighted by Gasteiger charge is -2.26. The van der Waals surface area contributed by atoms with E-state index in [-0.39, 0.29) is 0 Å². The number of rotatable bonds is 9. The maximum Gasteiger partial charge on any atom is 0.0539 e. The molecule has 1 heterocycles. The number of nitrogens with one attached hydrogen (secondary N) is 2. The number of hydrogen-bond donors (Lipinski definition) is 2. The fraction of sp³-hybridized carbons (Fsp3) is 0. The van der Waals surface area contributed by atoms with Crippen LogP contribution in [0.1, 0.15) is 5.56 Å². The fourth-order valence-electron chi connectivity index (χ4n) is 8.20. The molecule has 0 unspecified atom stereocenters. The first kappa shape index (κ1) is 37.2. The van der Waals surface area contributed by atoms with Crippen LogP contribution in [0.5, 0.6) is 0 Å². The van der Waals surface area contributed by atoms with Gasteiger partial charge in [-0.1, -0.05) is 164 Å². The van der Waals surface area contributed by atoms with E-state index in [9.17, 15) is 0 Å². The molecular formula is C58H43N3. The number of benzene rings is 9. The van der Waals surface area contributed by atoms with Gasteiger partial charge in [0.1, 0.15) is 0 Å². The van der Waals surface area contributed by atoms with Gasteiger partial charge in [0.15, 0.2) is 0 Å². The van der Waals surface area contributed by atoms with Crippen LogP contribution in [0.3, 0.4) is 0 Å². The standard InChI is InChI=1S/C58H43N3/c1-41-15-12-13-36-61(52-22-6-3-7-23-52)58-40-49(29-34-53(41)58)55-39-47(30-35-57(55)60-51-33-28-43-18-8-9-19-46(43)38-51)45-20-14-21-48(37-45)54-24-10-11-25-56(54)59-50-31-26-44(27-32-50)42-16-4-2-5-17-42/h2-40,59-60H,1H2/b15-12-,36-13-. The van der Waals surface area contributed by atoms with Crippen molar-refractivity contribution in [3.8, 4) is 44.5 Å². The fourth-order valence-corrected chi connectivity index (χ4v) is 8.20. The van der Waals surface area contributed by atoms with Gasteiger partial charge in [0, 0.05) is 51.3 Å². The summed E-state index contributed by atoms with van der Waals surface area (Å²) < 4.78 is 0. The van der Waals surface area contributed by atoms with Gasteiger partial charge in [0.2, 0.25) is 0 Å². The zero-order valence-electron chi connectivity index (χ0n) is 33.7. The molecule has 3 heteroatoms. The Morgan fingerprint density at radius 2 is 0.967 bits per heavy atom.